The lowest BCUT2D eigenvalue weighted by Gasteiger charge is -2.08. The van der Waals surface area contributed by atoms with E-state index in [-0.39, 0.29) is 11.8 Å². The third-order valence-electron chi connectivity index (χ3n) is 4.07. The molecule has 4 nitrogen and oxygen atoms in total. The second-order valence-electron chi connectivity index (χ2n) is 5.43. The number of aryl methyl sites for hydroxylation is 1. The molecule has 0 aromatic carbocycles. The number of carbonyl (C=O) groups excluding carboxylic acids is 1. The van der Waals surface area contributed by atoms with E-state index in [9.17, 15) is 10.1 Å². The molecule has 1 aromatic rings. The van der Waals surface area contributed by atoms with E-state index in [2.05, 4.69) is 11.4 Å². The summed E-state index contributed by atoms with van der Waals surface area (Å²) in [6.07, 6.45) is 6.34. The van der Waals surface area contributed by atoms with Crippen LogP contribution in [0.1, 0.15) is 41.7 Å². The summed E-state index contributed by atoms with van der Waals surface area (Å²) in [5.74, 6) is -0.0705. The first-order chi connectivity index (χ1) is 9.79. The number of hydrogen-bond donors (Lipinski definition) is 1. The van der Waals surface area contributed by atoms with Crippen molar-refractivity contribution in [2.75, 3.05) is 18.5 Å². The summed E-state index contributed by atoms with van der Waals surface area (Å²) in [7, 11) is 0. The van der Waals surface area contributed by atoms with Crippen molar-refractivity contribution in [2.24, 2.45) is 5.92 Å². The van der Waals surface area contributed by atoms with Crippen molar-refractivity contribution in [3.05, 3.63) is 16.0 Å². The zero-order chi connectivity index (χ0) is 13.9. The van der Waals surface area contributed by atoms with E-state index in [1.54, 1.807) is 11.3 Å². The molecule has 2 aliphatic rings. The van der Waals surface area contributed by atoms with Crippen molar-refractivity contribution < 1.29 is 9.53 Å². The third kappa shape index (κ3) is 2.58. The molecule has 2 heterocycles. The number of rotatable bonds is 2. The highest BCUT2D eigenvalue weighted by molar-refractivity contribution is 7.16. The van der Waals surface area contributed by atoms with E-state index in [0.29, 0.717) is 18.8 Å². The highest BCUT2D eigenvalue weighted by atomic mass is 32.1. The SMILES string of the molecule is N#Cc1c(NC(=O)[C@H]2CCOC2)sc2c1CCCCC2. The average molecular weight is 290 g/mol. The molecule has 1 N–H and O–H groups in total. The first kappa shape index (κ1) is 13.6. The minimum absolute atomic E-state index is 0.00425. The van der Waals surface area contributed by atoms with Crippen molar-refractivity contribution in [1.29, 1.82) is 5.26 Å². The van der Waals surface area contributed by atoms with Crippen molar-refractivity contribution >= 4 is 22.2 Å². The van der Waals surface area contributed by atoms with Crippen LogP contribution in [0.2, 0.25) is 0 Å². The summed E-state index contributed by atoms with van der Waals surface area (Å²) in [4.78, 5) is 13.5. The maximum atomic E-state index is 12.2. The molecule has 1 aromatic heterocycles. The number of nitrogens with zero attached hydrogens (tertiary/aromatic N) is 1. The lowest BCUT2D eigenvalue weighted by molar-refractivity contribution is -0.119. The topological polar surface area (TPSA) is 62.1 Å². The number of amides is 1. The number of anilines is 1. The minimum Gasteiger partial charge on any atom is -0.381 e. The van der Waals surface area contributed by atoms with Crippen molar-refractivity contribution in [3.8, 4) is 6.07 Å². The van der Waals surface area contributed by atoms with Crippen molar-refractivity contribution in [1.82, 2.24) is 0 Å². The highest BCUT2D eigenvalue weighted by Gasteiger charge is 2.26. The van der Waals surface area contributed by atoms with Gasteiger partial charge in [-0.25, -0.2) is 0 Å². The van der Waals surface area contributed by atoms with Gasteiger partial charge < -0.3 is 10.1 Å². The maximum absolute atomic E-state index is 12.2. The Morgan fingerprint density at radius 2 is 2.20 bits per heavy atom. The zero-order valence-corrected chi connectivity index (χ0v) is 12.2. The molecule has 1 fully saturated rings. The number of nitrogens with one attached hydrogen (secondary N) is 1. The molecule has 3 rings (SSSR count). The molecule has 106 valence electrons. The highest BCUT2D eigenvalue weighted by Crippen LogP contribution is 2.37. The Hall–Kier alpha value is -1.38. The minimum atomic E-state index is -0.0663. The second kappa shape index (κ2) is 5.94. The molecule has 5 heteroatoms. The van der Waals surface area contributed by atoms with Crippen LogP contribution in [0.4, 0.5) is 5.00 Å². The van der Waals surface area contributed by atoms with Crippen molar-refractivity contribution in [2.45, 2.75) is 38.5 Å². The van der Waals surface area contributed by atoms with Gasteiger partial charge in [0, 0.05) is 11.5 Å². The van der Waals surface area contributed by atoms with E-state index in [1.807, 2.05) is 0 Å². The van der Waals surface area contributed by atoms with Crippen LogP contribution in [0, 0.1) is 17.2 Å². The summed E-state index contributed by atoms with van der Waals surface area (Å²) in [6, 6.07) is 2.29. The monoisotopic (exact) mass is 290 g/mol. The summed E-state index contributed by atoms with van der Waals surface area (Å²) >= 11 is 1.59. The van der Waals surface area contributed by atoms with E-state index in [1.165, 1.54) is 23.3 Å². The Morgan fingerprint density at radius 1 is 1.35 bits per heavy atom. The number of hydrogen-bond acceptors (Lipinski definition) is 4. The lowest BCUT2D eigenvalue weighted by atomic mass is 10.1. The molecule has 1 aliphatic carbocycles. The van der Waals surface area contributed by atoms with Crippen LogP contribution in [0.15, 0.2) is 0 Å². The van der Waals surface area contributed by atoms with Crippen LogP contribution < -0.4 is 5.32 Å². The smallest absolute Gasteiger partial charge is 0.230 e. The summed E-state index contributed by atoms with van der Waals surface area (Å²) < 4.78 is 5.25. The Kier molecular flexibility index (Phi) is 4.04. The van der Waals surface area contributed by atoms with E-state index < -0.39 is 0 Å². The fourth-order valence-corrected chi connectivity index (χ4v) is 4.15. The van der Waals surface area contributed by atoms with Crippen molar-refractivity contribution in [3.63, 3.8) is 0 Å². The van der Waals surface area contributed by atoms with Crippen LogP contribution >= 0.6 is 11.3 Å². The first-order valence-corrected chi connectivity index (χ1v) is 8.04. The second-order valence-corrected chi connectivity index (χ2v) is 6.54. The van der Waals surface area contributed by atoms with Crippen LogP contribution in [0.5, 0.6) is 0 Å². The quantitative estimate of drug-likeness (QED) is 0.852. The largest absolute Gasteiger partial charge is 0.381 e. The Bertz CT molecular complexity index is 553. The average Bonchev–Trinajstić information content (AvgIpc) is 3.02. The van der Waals surface area contributed by atoms with Crippen LogP contribution in [-0.2, 0) is 22.4 Å². The molecule has 20 heavy (non-hydrogen) atoms. The number of fused-ring (bicyclic) bond motifs is 1. The van der Waals surface area contributed by atoms with Gasteiger partial charge in [0.15, 0.2) is 0 Å². The Morgan fingerprint density at radius 3 is 2.95 bits per heavy atom. The van der Waals surface area contributed by atoms with Gasteiger partial charge in [-0.15, -0.1) is 11.3 Å². The molecule has 0 spiro atoms. The number of thiophene rings is 1. The normalized spacial score (nSPS) is 21.9. The standard InChI is InChI=1S/C15H18N2O2S/c16-8-12-11-4-2-1-3-5-13(11)20-15(12)17-14(18)10-6-7-19-9-10/h10H,1-7,9H2,(H,17,18)/t10-/m0/s1. The molecule has 1 aliphatic heterocycles. The van der Waals surface area contributed by atoms with E-state index in [4.69, 9.17) is 4.74 Å². The molecule has 0 bridgehead atoms. The number of ether oxygens (including phenoxy) is 1. The van der Waals surface area contributed by atoms with Crippen LogP contribution in [0.25, 0.3) is 0 Å². The van der Waals surface area contributed by atoms with Crippen LogP contribution in [-0.4, -0.2) is 19.1 Å². The van der Waals surface area contributed by atoms with E-state index in [0.717, 1.165) is 30.7 Å². The van der Waals surface area contributed by atoms with Gasteiger partial charge in [0.1, 0.15) is 11.1 Å². The number of carbonyl (C=O) groups is 1. The lowest BCUT2D eigenvalue weighted by Crippen LogP contribution is -2.22. The molecular formula is C15H18N2O2S. The predicted molar refractivity (Wildman–Crippen MR) is 77.8 cm³/mol. The third-order valence-corrected chi connectivity index (χ3v) is 5.28. The van der Waals surface area contributed by atoms with Gasteiger partial charge in [0.25, 0.3) is 0 Å². The predicted octanol–water partition coefficient (Wildman–Crippen LogP) is 2.86. The summed E-state index contributed by atoms with van der Waals surface area (Å²) in [5, 5.41) is 13.1. The molecule has 0 saturated carbocycles. The van der Waals surface area contributed by atoms with Gasteiger partial charge in [0.05, 0.1) is 18.1 Å². The molecule has 1 amide bonds. The fraction of sp³-hybridized carbons (Fsp3) is 0.600. The van der Waals surface area contributed by atoms with Crippen LogP contribution in [0.3, 0.4) is 0 Å². The Labute approximate surface area is 122 Å². The summed E-state index contributed by atoms with van der Waals surface area (Å²) in [5.41, 5.74) is 1.87. The van der Waals surface area contributed by atoms with Gasteiger partial charge >= 0.3 is 0 Å². The summed E-state index contributed by atoms with van der Waals surface area (Å²) in [6.45, 7) is 1.16. The van der Waals surface area contributed by atoms with Gasteiger partial charge in [-0.05, 0) is 37.7 Å². The Balaban J connectivity index is 1.82. The van der Waals surface area contributed by atoms with Gasteiger partial charge in [-0.3, -0.25) is 4.79 Å². The zero-order valence-electron chi connectivity index (χ0n) is 11.4. The first-order valence-electron chi connectivity index (χ1n) is 7.23. The van der Waals surface area contributed by atoms with Gasteiger partial charge in [-0.2, -0.15) is 5.26 Å². The molecule has 1 saturated heterocycles. The molecule has 0 radical (unpaired) electrons. The maximum Gasteiger partial charge on any atom is 0.230 e. The fourth-order valence-electron chi connectivity index (χ4n) is 2.90. The molecule has 1 atom stereocenters. The molecular weight excluding hydrogens is 272 g/mol. The van der Waals surface area contributed by atoms with E-state index >= 15 is 0 Å². The van der Waals surface area contributed by atoms with Gasteiger partial charge in [-0.1, -0.05) is 6.42 Å². The number of nitriles is 1. The van der Waals surface area contributed by atoms with Gasteiger partial charge in [0.2, 0.25) is 5.91 Å². The molecule has 0 unspecified atom stereocenters.